The third kappa shape index (κ3) is 3.45. The van der Waals surface area contributed by atoms with Crippen molar-refractivity contribution in [1.82, 2.24) is 18.5 Å². The van der Waals surface area contributed by atoms with Gasteiger partial charge in [-0.05, 0) is 24.1 Å². The SMILES string of the molecule is CCCc1nc(Cl)c2c(n1)n(Cc1ccc(C(F)(F)F)cc1)c(=O)n2S. The maximum Gasteiger partial charge on any atom is 0.416 e. The van der Waals surface area contributed by atoms with E-state index < -0.39 is 17.4 Å². The van der Waals surface area contributed by atoms with Gasteiger partial charge >= 0.3 is 11.9 Å². The molecule has 10 heteroatoms. The first kappa shape index (κ1) is 18.8. The van der Waals surface area contributed by atoms with E-state index in [0.29, 0.717) is 23.5 Å². The first-order valence-corrected chi connectivity index (χ1v) is 8.53. The van der Waals surface area contributed by atoms with Gasteiger partial charge in [0.1, 0.15) is 11.3 Å². The van der Waals surface area contributed by atoms with Gasteiger partial charge in [-0.25, -0.2) is 18.7 Å². The Morgan fingerprint density at radius 2 is 1.85 bits per heavy atom. The van der Waals surface area contributed by atoms with Gasteiger partial charge < -0.3 is 0 Å². The number of halogens is 4. The summed E-state index contributed by atoms with van der Waals surface area (Å²) >= 11 is 10.3. The maximum absolute atomic E-state index is 12.7. The van der Waals surface area contributed by atoms with Crippen LogP contribution in [0.5, 0.6) is 0 Å². The predicted octanol–water partition coefficient (Wildman–Crippen LogP) is 3.96. The molecule has 26 heavy (non-hydrogen) atoms. The second kappa shape index (κ2) is 6.96. The van der Waals surface area contributed by atoms with Gasteiger partial charge in [0.2, 0.25) is 0 Å². The highest BCUT2D eigenvalue weighted by Crippen LogP contribution is 2.29. The molecule has 2 heterocycles. The van der Waals surface area contributed by atoms with Gasteiger partial charge in [-0.1, -0.05) is 43.5 Å². The lowest BCUT2D eigenvalue weighted by Crippen LogP contribution is -2.21. The number of aromatic nitrogens is 4. The van der Waals surface area contributed by atoms with E-state index in [9.17, 15) is 18.0 Å². The Bertz CT molecular complexity index is 1010. The minimum Gasteiger partial charge on any atom is -0.271 e. The first-order valence-electron chi connectivity index (χ1n) is 7.75. The van der Waals surface area contributed by atoms with Crippen molar-refractivity contribution in [3.05, 3.63) is 56.9 Å². The van der Waals surface area contributed by atoms with E-state index in [4.69, 9.17) is 11.6 Å². The highest BCUT2D eigenvalue weighted by molar-refractivity contribution is 7.78. The summed E-state index contributed by atoms with van der Waals surface area (Å²) in [6, 6.07) is 4.61. The zero-order chi connectivity index (χ0) is 19.1. The molecule has 138 valence electrons. The Morgan fingerprint density at radius 3 is 2.42 bits per heavy atom. The zero-order valence-electron chi connectivity index (χ0n) is 13.6. The predicted molar refractivity (Wildman–Crippen MR) is 95.7 cm³/mol. The molecule has 3 rings (SSSR count). The van der Waals surface area contributed by atoms with E-state index in [-0.39, 0.29) is 17.2 Å². The molecule has 0 atom stereocenters. The van der Waals surface area contributed by atoms with Crippen molar-refractivity contribution in [2.75, 3.05) is 0 Å². The van der Waals surface area contributed by atoms with Crippen molar-refractivity contribution in [2.45, 2.75) is 32.5 Å². The van der Waals surface area contributed by atoms with Crippen molar-refractivity contribution in [1.29, 1.82) is 0 Å². The lowest BCUT2D eigenvalue weighted by Gasteiger charge is -2.08. The summed E-state index contributed by atoms with van der Waals surface area (Å²) in [5.74, 6) is 0.491. The lowest BCUT2D eigenvalue weighted by atomic mass is 10.1. The summed E-state index contributed by atoms with van der Waals surface area (Å²) in [6.07, 6.45) is -3.03. The van der Waals surface area contributed by atoms with E-state index in [2.05, 4.69) is 22.8 Å². The fourth-order valence-corrected chi connectivity index (χ4v) is 3.21. The van der Waals surface area contributed by atoms with Crippen LogP contribution in [0.25, 0.3) is 11.2 Å². The molecule has 0 bridgehead atoms. The number of rotatable bonds is 4. The zero-order valence-corrected chi connectivity index (χ0v) is 15.2. The van der Waals surface area contributed by atoms with E-state index in [1.165, 1.54) is 16.7 Å². The minimum absolute atomic E-state index is 0.0416. The van der Waals surface area contributed by atoms with Crippen molar-refractivity contribution in [2.24, 2.45) is 0 Å². The summed E-state index contributed by atoms with van der Waals surface area (Å²) in [5.41, 5.74) is -0.151. The Labute approximate surface area is 157 Å². The number of aryl methyl sites for hydroxylation is 1. The quantitative estimate of drug-likeness (QED) is 0.531. The summed E-state index contributed by atoms with van der Waals surface area (Å²) in [4.78, 5) is 21.0. The van der Waals surface area contributed by atoms with Crippen molar-refractivity contribution in [3.8, 4) is 0 Å². The van der Waals surface area contributed by atoms with Gasteiger partial charge in [-0.3, -0.25) is 4.57 Å². The van der Waals surface area contributed by atoms with Crippen LogP contribution in [0.3, 0.4) is 0 Å². The summed E-state index contributed by atoms with van der Waals surface area (Å²) in [7, 11) is 0. The fourth-order valence-electron chi connectivity index (χ4n) is 2.59. The third-order valence-electron chi connectivity index (χ3n) is 3.84. The van der Waals surface area contributed by atoms with Crippen LogP contribution in [0.1, 0.15) is 30.3 Å². The molecule has 0 fully saturated rings. The van der Waals surface area contributed by atoms with Crippen molar-refractivity contribution in [3.63, 3.8) is 0 Å². The normalized spacial score (nSPS) is 12.1. The Kier molecular flexibility index (Phi) is 5.03. The van der Waals surface area contributed by atoms with Crippen LogP contribution in [0.15, 0.2) is 29.1 Å². The van der Waals surface area contributed by atoms with Crippen LogP contribution in [0.4, 0.5) is 13.2 Å². The molecule has 1 aromatic carbocycles. The van der Waals surface area contributed by atoms with E-state index in [1.54, 1.807) is 0 Å². The van der Waals surface area contributed by atoms with E-state index in [1.807, 2.05) is 6.92 Å². The number of benzene rings is 1. The number of nitrogens with zero attached hydrogens (tertiary/aromatic N) is 4. The molecule has 0 aliphatic carbocycles. The standard InChI is InChI=1S/C16H14ClF3N4OS/c1-2-3-11-21-13(17)12-14(22-11)23(15(25)24(12)26)8-9-4-6-10(7-5-9)16(18,19)20/h4-7,26H,2-3,8H2,1H3. The molecule has 5 nitrogen and oxygen atoms in total. The molecule has 0 aliphatic heterocycles. The number of hydrogen-bond donors (Lipinski definition) is 1. The van der Waals surface area contributed by atoms with E-state index in [0.717, 1.165) is 22.5 Å². The van der Waals surface area contributed by atoms with Gasteiger partial charge in [-0.15, -0.1) is 0 Å². The highest BCUT2D eigenvalue weighted by atomic mass is 35.5. The van der Waals surface area contributed by atoms with Gasteiger partial charge in [0, 0.05) is 6.42 Å². The van der Waals surface area contributed by atoms with Gasteiger partial charge in [0.25, 0.3) is 0 Å². The number of alkyl halides is 3. The van der Waals surface area contributed by atoms with Gasteiger partial charge in [0.05, 0.1) is 12.1 Å². The highest BCUT2D eigenvalue weighted by Gasteiger charge is 2.30. The molecule has 3 aromatic rings. The third-order valence-corrected chi connectivity index (χ3v) is 4.48. The van der Waals surface area contributed by atoms with E-state index >= 15 is 0 Å². The van der Waals surface area contributed by atoms with Crippen LogP contribution >= 0.6 is 24.4 Å². The molecule has 2 aromatic heterocycles. The van der Waals surface area contributed by atoms with Crippen LogP contribution in [-0.2, 0) is 19.1 Å². The molecule has 0 spiro atoms. The molecule has 0 unspecified atom stereocenters. The molecule has 0 N–H and O–H groups in total. The van der Waals surface area contributed by atoms with Crippen molar-refractivity contribution < 1.29 is 13.2 Å². The fraction of sp³-hybridized carbons (Fsp3) is 0.312. The van der Waals surface area contributed by atoms with Crippen LogP contribution in [-0.4, -0.2) is 18.5 Å². The molecule has 0 saturated heterocycles. The number of thiol groups is 1. The summed E-state index contributed by atoms with van der Waals surface area (Å²) in [5, 5.41) is 0.108. The molecule has 0 amide bonds. The minimum atomic E-state index is -4.41. The second-order valence-corrected chi connectivity index (χ2v) is 6.49. The largest absolute Gasteiger partial charge is 0.416 e. The molecular formula is C16H14ClF3N4OS. The Hall–Kier alpha value is -2.00. The maximum atomic E-state index is 12.7. The monoisotopic (exact) mass is 402 g/mol. The number of fused-ring (bicyclic) bond motifs is 1. The van der Waals surface area contributed by atoms with Crippen molar-refractivity contribution >= 4 is 35.6 Å². The van der Waals surface area contributed by atoms with Gasteiger partial charge in [-0.2, -0.15) is 13.2 Å². The number of hydrogen-bond acceptors (Lipinski definition) is 4. The molecular weight excluding hydrogens is 389 g/mol. The molecule has 0 radical (unpaired) electrons. The molecule has 0 aliphatic rings. The molecule has 0 saturated carbocycles. The van der Waals surface area contributed by atoms with Crippen LogP contribution in [0, 0.1) is 0 Å². The average molecular weight is 403 g/mol. The average Bonchev–Trinajstić information content (AvgIpc) is 2.80. The Balaban J connectivity index is 2.07. The smallest absolute Gasteiger partial charge is 0.271 e. The lowest BCUT2D eigenvalue weighted by molar-refractivity contribution is -0.137. The van der Waals surface area contributed by atoms with Gasteiger partial charge in [0.15, 0.2) is 10.8 Å². The Morgan fingerprint density at radius 1 is 1.19 bits per heavy atom. The second-order valence-electron chi connectivity index (χ2n) is 5.73. The summed E-state index contributed by atoms with van der Waals surface area (Å²) < 4.78 is 40.4. The summed E-state index contributed by atoms with van der Waals surface area (Å²) in [6.45, 7) is 2.00. The topological polar surface area (TPSA) is 52.7 Å². The van der Waals surface area contributed by atoms with Crippen LogP contribution < -0.4 is 5.69 Å². The first-order chi connectivity index (χ1) is 12.2. The van der Waals surface area contributed by atoms with Crippen LogP contribution in [0.2, 0.25) is 5.15 Å². The number of imidazole rings is 1.